The molecule has 0 aliphatic carbocycles. The van der Waals surface area contributed by atoms with E-state index in [0.717, 1.165) is 34.0 Å². The summed E-state index contributed by atoms with van der Waals surface area (Å²) in [5.74, 6) is -0.179. The zero-order valence-corrected chi connectivity index (χ0v) is 18.8. The highest BCUT2D eigenvalue weighted by atomic mass is 32.2. The summed E-state index contributed by atoms with van der Waals surface area (Å²) in [4.78, 5) is 13.9. The van der Waals surface area contributed by atoms with Gasteiger partial charge in [0.2, 0.25) is 15.9 Å². The third kappa shape index (κ3) is 6.32. The lowest BCUT2D eigenvalue weighted by molar-refractivity contribution is -0.116. The Morgan fingerprint density at radius 2 is 1.61 bits per heavy atom. The standard InChI is InChI=1S/C23H23FN2O3S2/c1-17(26(31(2,28)29)21-14-10-19(24)11-15-21)23(27)25-20-12-8-18(9-13-20)16-30-22-6-4-3-5-7-22/h3-15,17H,16H2,1-2H3,(H,25,27)/t17-/m1/s1. The highest BCUT2D eigenvalue weighted by molar-refractivity contribution is 7.98. The summed E-state index contributed by atoms with van der Waals surface area (Å²) >= 11 is 1.72. The quantitative estimate of drug-likeness (QED) is 0.487. The summed E-state index contributed by atoms with van der Waals surface area (Å²) in [7, 11) is -3.76. The maximum atomic E-state index is 13.2. The number of anilines is 2. The maximum Gasteiger partial charge on any atom is 0.247 e. The first-order chi connectivity index (χ1) is 14.7. The van der Waals surface area contributed by atoms with Crippen LogP contribution in [0.2, 0.25) is 0 Å². The molecule has 0 spiro atoms. The molecule has 3 rings (SSSR count). The molecule has 0 saturated heterocycles. The van der Waals surface area contributed by atoms with Crippen LogP contribution in [0.4, 0.5) is 15.8 Å². The molecule has 0 fully saturated rings. The minimum atomic E-state index is -3.76. The van der Waals surface area contributed by atoms with Gasteiger partial charge >= 0.3 is 0 Å². The molecule has 3 aromatic rings. The number of amides is 1. The van der Waals surface area contributed by atoms with Crippen molar-refractivity contribution in [3.05, 3.63) is 90.2 Å². The van der Waals surface area contributed by atoms with Gasteiger partial charge in [-0.1, -0.05) is 30.3 Å². The van der Waals surface area contributed by atoms with Gasteiger partial charge in [0.25, 0.3) is 0 Å². The maximum absolute atomic E-state index is 13.2. The van der Waals surface area contributed by atoms with Crippen LogP contribution in [0.15, 0.2) is 83.8 Å². The van der Waals surface area contributed by atoms with Crippen LogP contribution in [0.3, 0.4) is 0 Å². The number of rotatable bonds is 8. The van der Waals surface area contributed by atoms with Crippen LogP contribution in [-0.2, 0) is 20.6 Å². The average molecular weight is 459 g/mol. The first kappa shape index (κ1) is 22.8. The Morgan fingerprint density at radius 1 is 1.00 bits per heavy atom. The van der Waals surface area contributed by atoms with Gasteiger partial charge in [-0.2, -0.15) is 0 Å². The van der Waals surface area contributed by atoms with Gasteiger partial charge in [0.15, 0.2) is 0 Å². The molecule has 0 aliphatic heterocycles. The molecule has 0 unspecified atom stereocenters. The van der Waals surface area contributed by atoms with Crippen LogP contribution in [-0.4, -0.2) is 26.6 Å². The van der Waals surface area contributed by atoms with E-state index in [2.05, 4.69) is 17.4 Å². The lowest BCUT2D eigenvalue weighted by atomic mass is 10.2. The third-order valence-electron chi connectivity index (χ3n) is 4.54. The van der Waals surface area contributed by atoms with E-state index in [0.29, 0.717) is 5.69 Å². The van der Waals surface area contributed by atoms with Crippen molar-refractivity contribution in [3.8, 4) is 0 Å². The Balaban J connectivity index is 1.67. The molecule has 0 aromatic heterocycles. The molecule has 1 amide bonds. The SMILES string of the molecule is C[C@H](C(=O)Nc1ccc(CSc2ccccc2)cc1)N(c1ccc(F)cc1)S(C)(=O)=O. The largest absolute Gasteiger partial charge is 0.324 e. The Morgan fingerprint density at radius 3 is 2.19 bits per heavy atom. The Labute approximate surface area is 186 Å². The van der Waals surface area contributed by atoms with Gasteiger partial charge in [0.1, 0.15) is 11.9 Å². The van der Waals surface area contributed by atoms with Gasteiger partial charge in [0.05, 0.1) is 11.9 Å². The van der Waals surface area contributed by atoms with Crippen molar-refractivity contribution < 1.29 is 17.6 Å². The summed E-state index contributed by atoms with van der Waals surface area (Å²) in [6.07, 6.45) is 1.01. The van der Waals surface area contributed by atoms with Crippen LogP contribution in [0.1, 0.15) is 12.5 Å². The zero-order valence-electron chi connectivity index (χ0n) is 17.2. The third-order valence-corrected chi connectivity index (χ3v) is 6.86. The molecule has 8 heteroatoms. The summed E-state index contributed by atoms with van der Waals surface area (Å²) in [6.45, 7) is 1.49. The van der Waals surface area contributed by atoms with E-state index in [4.69, 9.17) is 0 Å². The summed E-state index contributed by atoms with van der Waals surface area (Å²) in [6, 6.07) is 21.4. The summed E-state index contributed by atoms with van der Waals surface area (Å²) in [5.41, 5.74) is 1.89. The number of hydrogen-bond acceptors (Lipinski definition) is 4. The minimum Gasteiger partial charge on any atom is -0.324 e. The van der Waals surface area contributed by atoms with Gasteiger partial charge < -0.3 is 5.32 Å². The molecule has 31 heavy (non-hydrogen) atoms. The van der Waals surface area contributed by atoms with Crippen LogP contribution in [0.25, 0.3) is 0 Å². The van der Waals surface area contributed by atoms with Gasteiger partial charge in [-0.05, 0) is 61.0 Å². The molecule has 0 radical (unpaired) electrons. The molecule has 0 aliphatic rings. The fraction of sp³-hybridized carbons (Fsp3) is 0.174. The number of nitrogens with zero attached hydrogens (tertiary/aromatic N) is 1. The van der Waals surface area contributed by atoms with E-state index >= 15 is 0 Å². The molecule has 1 atom stereocenters. The van der Waals surface area contributed by atoms with E-state index < -0.39 is 27.8 Å². The molecular formula is C23H23FN2O3S2. The number of carbonyl (C=O) groups excluding carboxylic acids is 1. The van der Waals surface area contributed by atoms with Crippen LogP contribution < -0.4 is 9.62 Å². The molecule has 0 saturated carbocycles. The average Bonchev–Trinajstić information content (AvgIpc) is 2.74. The zero-order chi connectivity index (χ0) is 22.4. The summed E-state index contributed by atoms with van der Waals surface area (Å²) < 4.78 is 38.8. The van der Waals surface area contributed by atoms with Crippen molar-refractivity contribution in [2.45, 2.75) is 23.6 Å². The number of benzene rings is 3. The van der Waals surface area contributed by atoms with Crippen molar-refractivity contribution in [2.75, 3.05) is 15.9 Å². The van der Waals surface area contributed by atoms with E-state index in [1.54, 1.807) is 23.9 Å². The van der Waals surface area contributed by atoms with Gasteiger partial charge in [0, 0.05) is 16.3 Å². The van der Waals surface area contributed by atoms with Gasteiger partial charge in [-0.25, -0.2) is 12.8 Å². The molecule has 0 heterocycles. The molecule has 162 valence electrons. The topological polar surface area (TPSA) is 66.5 Å². The van der Waals surface area contributed by atoms with Crippen molar-refractivity contribution in [3.63, 3.8) is 0 Å². The normalized spacial score (nSPS) is 12.2. The Kier molecular flexibility index (Phi) is 7.35. The van der Waals surface area contributed by atoms with Crippen LogP contribution in [0, 0.1) is 5.82 Å². The number of thioether (sulfide) groups is 1. The van der Waals surface area contributed by atoms with Gasteiger partial charge in [-0.15, -0.1) is 11.8 Å². The van der Waals surface area contributed by atoms with Crippen molar-refractivity contribution >= 4 is 39.1 Å². The molecule has 0 bridgehead atoms. The molecule has 5 nitrogen and oxygen atoms in total. The smallest absolute Gasteiger partial charge is 0.247 e. The number of sulfonamides is 1. The molecular weight excluding hydrogens is 435 g/mol. The Hall–Kier alpha value is -2.84. The first-order valence-electron chi connectivity index (χ1n) is 9.56. The van der Waals surface area contributed by atoms with Crippen molar-refractivity contribution in [1.29, 1.82) is 0 Å². The number of halogens is 1. The van der Waals surface area contributed by atoms with E-state index in [-0.39, 0.29) is 5.69 Å². The second kappa shape index (κ2) is 9.98. The summed E-state index contributed by atoms with van der Waals surface area (Å²) in [5, 5.41) is 2.75. The van der Waals surface area contributed by atoms with Crippen molar-refractivity contribution in [1.82, 2.24) is 0 Å². The number of carbonyl (C=O) groups is 1. The van der Waals surface area contributed by atoms with E-state index in [1.807, 2.05) is 30.3 Å². The monoisotopic (exact) mass is 458 g/mol. The number of hydrogen-bond donors (Lipinski definition) is 1. The van der Waals surface area contributed by atoms with E-state index in [1.165, 1.54) is 24.0 Å². The fourth-order valence-electron chi connectivity index (χ4n) is 3.01. The fourth-order valence-corrected chi connectivity index (χ4v) is 5.06. The minimum absolute atomic E-state index is 0.222. The predicted molar refractivity (Wildman–Crippen MR) is 124 cm³/mol. The van der Waals surface area contributed by atoms with Crippen LogP contribution in [0.5, 0.6) is 0 Å². The van der Waals surface area contributed by atoms with E-state index in [9.17, 15) is 17.6 Å². The highest BCUT2D eigenvalue weighted by Gasteiger charge is 2.29. The second-order valence-electron chi connectivity index (χ2n) is 7.00. The Bertz CT molecular complexity index is 1120. The number of nitrogens with one attached hydrogen (secondary N) is 1. The predicted octanol–water partition coefficient (Wildman–Crippen LogP) is 4.91. The second-order valence-corrected chi connectivity index (χ2v) is 9.91. The molecule has 1 N–H and O–H groups in total. The highest BCUT2D eigenvalue weighted by Crippen LogP contribution is 2.24. The first-order valence-corrected chi connectivity index (χ1v) is 12.4. The lowest BCUT2D eigenvalue weighted by Gasteiger charge is -2.28. The van der Waals surface area contributed by atoms with Crippen molar-refractivity contribution in [2.24, 2.45) is 0 Å². The lowest BCUT2D eigenvalue weighted by Crippen LogP contribution is -2.45. The molecule has 3 aromatic carbocycles. The van der Waals surface area contributed by atoms with Gasteiger partial charge in [-0.3, -0.25) is 9.10 Å². The van der Waals surface area contributed by atoms with Crippen LogP contribution >= 0.6 is 11.8 Å².